The maximum absolute atomic E-state index is 12.6. The van der Waals surface area contributed by atoms with Gasteiger partial charge in [0.2, 0.25) is 10.0 Å². The number of amides is 1. The molecular formula is C26H28N2O4S. The predicted octanol–water partition coefficient (Wildman–Crippen LogP) is 4.22. The molecule has 33 heavy (non-hydrogen) atoms. The molecule has 3 aromatic carbocycles. The van der Waals surface area contributed by atoms with E-state index < -0.39 is 16.1 Å². The molecule has 1 N–H and O–H groups in total. The highest BCUT2D eigenvalue weighted by atomic mass is 32.2. The van der Waals surface area contributed by atoms with Gasteiger partial charge in [-0.1, -0.05) is 54.6 Å². The standard InChI is InChI=1S/C26H28N2O4S/c1-20(32-24-13-11-23(12-14-24)22-7-3-2-4-8-22)26(29)27-19-21-9-15-25(16-10-21)33(30,31)28-17-5-6-18-28/h2-4,7-16,20H,5-6,17-19H2,1H3,(H,27,29). The molecule has 172 valence electrons. The summed E-state index contributed by atoms with van der Waals surface area (Å²) in [6, 6.07) is 24.4. The molecule has 3 aromatic rings. The Morgan fingerprint density at radius 1 is 0.909 bits per heavy atom. The molecule has 1 aliphatic heterocycles. The van der Waals surface area contributed by atoms with Crippen LogP contribution in [0.1, 0.15) is 25.3 Å². The molecule has 0 saturated carbocycles. The Labute approximate surface area is 195 Å². The molecular weight excluding hydrogens is 436 g/mol. The molecule has 0 radical (unpaired) electrons. The smallest absolute Gasteiger partial charge is 0.261 e. The van der Waals surface area contributed by atoms with Crippen molar-refractivity contribution < 1.29 is 17.9 Å². The lowest BCUT2D eigenvalue weighted by molar-refractivity contribution is -0.127. The number of hydrogen-bond donors (Lipinski definition) is 1. The van der Waals surface area contributed by atoms with Crippen molar-refractivity contribution >= 4 is 15.9 Å². The summed E-state index contributed by atoms with van der Waals surface area (Å²) in [6.45, 7) is 3.15. The maximum Gasteiger partial charge on any atom is 0.261 e. The van der Waals surface area contributed by atoms with Crippen LogP contribution in [-0.4, -0.2) is 37.8 Å². The van der Waals surface area contributed by atoms with Gasteiger partial charge in [-0.15, -0.1) is 0 Å². The molecule has 1 aliphatic rings. The van der Waals surface area contributed by atoms with Gasteiger partial charge in [0.25, 0.3) is 5.91 Å². The van der Waals surface area contributed by atoms with Crippen molar-refractivity contribution in [3.05, 3.63) is 84.4 Å². The van der Waals surface area contributed by atoms with Crippen LogP contribution in [0.4, 0.5) is 0 Å². The van der Waals surface area contributed by atoms with Gasteiger partial charge < -0.3 is 10.1 Å². The van der Waals surface area contributed by atoms with Gasteiger partial charge in [-0.2, -0.15) is 4.31 Å². The second-order valence-corrected chi connectivity index (χ2v) is 10.1. The highest BCUT2D eigenvalue weighted by Gasteiger charge is 2.26. The number of carbonyl (C=O) groups is 1. The zero-order chi connectivity index (χ0) is 23.3. The summed E-state index contributed by atoms with van der Waals surface area (Å²) in [7, 11) is -3.43. The first-order valence-corrected chi connectivity index (χ1v) is 12.6. The van der Waals surface area contributed by atoms with Crippen LogP contribution in [0.15, 0.2) is 83.8 Å². The van der Waals surface area contributed by atoms with E-state index in [9.17, 15) is 13.2 Å². The van der Waals surface area contributed by atoms with E-state index >= 15 is 0 Å². The van der Waals surface area contributed by atoms with E-state index in [1.165, 1.54) is 4.31 Å². The third-order valence-corrected chi connectivity index (χ3v) is 7.65. The lowest BCUT2D eigenvalue weighted by Crippen LogP contribution is -2.35. The molecule has 1 heterocycles. The van der Waals surface area contributed by atoms with E-state index in [-0.39, 0.29) is 10.8 Å². The van der Waals surface area contributed by atoms with Gasteiger partial charge in [0, 0.05) is 19.6 Å². The third kappa shape index (κ3) is 5.61. The molecule has 1 amide bonds. The molecule has 0 spiro atoms. The van der Waals surface area contributed by atoms with E-state index in [0.717, 1.165) is 29.5 Å². The number of nitrogens with one attached hydrogen (secondary N) is 1. The lowest BCUT2D eigenvalue weighted by Gasteiger charge is -2.16. The van der Waals surface area contributed by atoms with Crippen LogP contribution in [0.2, 0.25) is 0 Å². The normalized spacial score (nSPS) is 15.2. The zero-order valence-corrected chi connectivity index (χ0v) is 19.4. The Balaban J connectivity index is 1.29. The number of rotatable bonds is 8. The number of carbonyl (C=O) groups excluding carboxylic acids is 1. The van der Waals surface area contributed by atoms with Crippen molar-refractivity contribution in [1.29, 1.82) is 0 Å². The summed E-state index contributed by atoms with van der Waals surface area (Å²) in [5, 5.41) is 2.85. The van der Waals surface area contributed by atoms with Crippen molar-refractivity contribution in [3.63, 3.8) is 0 Å². The van der Waals surface area contributed by atoms with E-state index in [0.29, 0.717) is 25.4 Å². The third-order valence-electron chi connectivity index (χ3n) is 5.74. The minimum atomic E-state index is -3.43. The summed E-state index contributed by atoms with van der Waals surface area (Å²) in [6.07, 6.45) is 1.14. The van der Waals surface area contributed by atoms with Gasteiger partial charge >= 0.3 is 0 Å². The summed E-state index contributed by atoms with van der Waals surface area (Å²) in [5.41, 5.74) is 3.02. The molecule has 0 aliphatic carbocycles. The first-order chi connectivity index (χ1) is 15.9. The van der Waals surface area contributed by atoms with E-state index in [4.69, 9.17) is 4.74 Å². The number of nitrogens with zero attached hydrogens (tertiary/aromatic N) is 1. The molecule has 1 saturated heterocycles. The molecule has 4 rings (SSSR count). The monoisotopic (exact) mass is 464 g/mol. The maximum atomic E-state index is 12.6. The van der Waals surface area contributed by atoms with E-state index in [2.05, 4.69) is 5.32 Å². The minimum absolute atomic E-state index is 0.240. The Bertz CT molecular complexity index is 1170. The highest BCUT2D eigenvalue weighted by molar-refractivity contribution is 7.89. The molecule has 6 nitrogen and oxygen atoms in total. The SMILES string of the molecule is CC(Oc1ccc(-c2ccccc2)cc1)C(=O)NCc1ccc(S(=O)(=O)N2CCCC2)cc1. The van der Waals surface area contributed by atoms with Crippen LogP contribution in [0, 0.1) is 0 Å². The summed E-state index contributed by atoms with van der Waals surface area (Å²) < 4.78 is 32.5. The minimum Gasteiger partial charge on any atom is -0.481 e. The van der Waals surface area contributed by atoms with Gasteiger partial charge in [-0.25, -0.2) is 8.42 Å². The van der Waals surface area contributed by atoms with Gasteiger partial charge in [0.05, 0.1) is 4.90 Å². The average molecular weight is 465 g/mol. The first-order valence-electron chi connectivity index (χ1n) is 11.1. The van der Waals surface area contributed by atoms with Crippen molar-refractivity contribution in [1.82, 2.24) is 9.62 Å². The first kappa shape index (κ1) is 23.0. The van der Waals surface area contributed by atoms with Crippen molar-refractivity contribution in [2.75, 3.05) is 13.1 Å². The van der Waals surface area contributed by atoms with Crippen LogP contribution >= 0.6 is 0 Å². The lowest BCUT2D eigenvalue weighted by atomic mass is 10.1. The number of hydrogen-bond acceptors (Lipinski definition) is 4. The fraction of sp³-hybridized carbons (Fsp3) is 0.269. The van der Waals surface area contributed by atoms with Gasteiger partial charge in [-0.3, -0.25) is 4.79 Å². The topological polar surface area (TPSA) is 75.7 Å². The molecule has 0 aromatic heterocycles. The van der Waals surface area contributed by atoms with Crippen molar-refractivity contribution in [3.8, 4) is 16.9 Å². The summed E-state index contributed by atoms with van der Waals surface area (Å²) in [5.74, 6) is 0.379. The Kier molecular flexibility index (Phi) is 7.11. The number of benzene rings is 3. The fourth-order valence-corrected chi connectivity index (χ4v) is 5.32. The second kappa shape index (κ2) is 10.2. The van der Waals surface area contributed by atoms with Gasteiger partial charge in [0.15, 0.2) is 6.10 Å². The van der Waals surface area contributed by atoms with Crippen LogP contribution in [0.25, 0.3) is 11.1 Å². The van der Waals surface area contributed by atoms with Crippen LogP contribution in [0.3, 0.4) is 0 Å². The molecule has 1 unspecified atom stereocenters. The predicted molar refractivity (Wildman–Crippen MR) is 128 cm³/mol. The van der Waals surface area contributed by atoms with Crippen LogP contribution < -0.4 is 10.1 Å². The fourth-order valence-electron chi connectivity index (χ4n) is 3.80. The quantitative estimate of drug-likeness (QED) is 0.542. The Hall–Kier alpha value is -3.16. The number of ether oxygens (including phenoxy) is 1. The van der Waals surface area contributed by atoms with Gasteiger partial charge in [0.1, 0.15) is 5.75 Å². The van der Waals surface area contributed by atoms with Gasteiger partial charge in [-0.05, 0) is 60.7 Å². The zero-order valence-electron chi connectivity index (χ0n) is 18.6. The summed E-state index contributed by atoms with van der Waals surface area (Å²) >= 11 is 0. The van der Waals surface area contributed by atoms with Crippen LogP contribution in [-0.2, 0) is 21.4 Å². The van der Waals surface area contributed by atoms with E-state index in [1.807, 2.05) is 54.6 Å². The Morgan fingerprint density at radius 2 is 1.52 bits per heavy atom. The number of sulfonamides is 1. The summed E-state index contributed by atoms with van der Waals surface area (Å²) in [4.78, 5) is 12.8. The largest absolute Gasteiger partial charge is 0.481 e. The molecule has 1 atom stereocenters. The highest BCUT2D eigenvalue weighted by Crippen LogP contribution is 2.23. The van der Waals surface area contributed by atoms with Crippen molar-refractivity contribution in [2.45, 2.75) is 37.3 Å². The van der Waals surface area contributed by atoms with E-state index in [1.54, 1.807) is 31.2 Å². The molecule has 7 heteroatoms. The molecule has 1 fully saturated rings. The second-order valence-electron chi connectivity index (χ2n) is 8.12. The molecule has 0 bridgehead atoms. The average Bonchev–Trinajstić information content (AvgIpc) is 3.40. The van der Waals surface area contributed by atoms with Crippen LogP contribution in [0.5, 0.6) is 5.75 Å². The van der Waals surface area contributed by atoms with Crippen molar-refractivity contribution in [2.24, 2.45) is 0 Å². The Morgan fingerprint density at radius 3 is 2.15 bits per heavy atom.